The number of aromatic amines is 1. The van der Waals surface area contributed by atoms with E-state index in [1.165, 1.54) is 38.5 Å². The molecule has 5 aliphatic rings. The van der Waals surface area contributed by atoms with Crippen molar-refractivity contribution in [2.45, 2.75) is 51.4 Å². The smallest absolute Gasteiger partial charge is 0.238 e. The summed E-state index contributed by atoms with van der Waals surface area (Å²) in [6.07, 6.45) is 13.6. The van der Waals surface area contributed by atoms with E-state index in [0.29, 0.717) is 23.2 Å². The molecule has 2 heterocycles. The predicted octanol–water partition coefficient (Wildman–Crippen LogP) is 4.31. The van der Waals surface area contributed by atoms with Gasteiger partial charge in [-0.05, 0) is 74.7 Å². The molecule has 0 bridgehead atoms. The quantitative estimate of drug-likeness (QED) is 0.761. The summed E-state index contributed by atoms with van der Waals surface area (Å²) >= 11 is 0. The van der Waals surface area contributed by atoms with Gasteiger partial charge in [0.25, 0.3) is 0 Å². The summed E-state index contributed by atoms with van der Waals surface area (Å²) < 4.78 is 0. The Morgan fingerprint density at radius 2 is 1.89 bits per heavy atom. The third kappa shape index (κ3) is 3.37. The van der Waals surface area contributed by atoms with Crippen molar-refractivity contribution in [2.75, 3.05) is 25.0 Å². The molecule has 5 nitrogen and oxygen atoms in total. The minimum Gasteiger partial charge on any atom is -0.367 e. The van der Waals surface area contributed by atoms with Crippen LogP contribution in [0.3, 0.4) is 0 Å². The molecule has 1 spiro atoms. The van der Waals surface area contributed by atoms with Crippen LogP contribution in [0.15, 0.2) is 24.5 Å². The number of rotatable bonds is 5. The summed E-state index contributed by atoms with van der Waals surface area (Å²) in [4.78, 5) is 30.9. The van der Waals surface area contributed by atoms with Crippen molar-refractivity contribution < 1.29 is 9.59 Å². The number of hydrogen-bond donors (Lipinski definition) is 2. The van der Waals surface area contributed by atoms with Gasteiger partial charge in [-0.15, -0.1) is 0 Å². The Balaban J connectivity index is 1.28. The van der Waals surface area contributed by atoms with Crippen LogP contribution in [0.1, 0.15) is 61.7 Å². The van der Waals surface area contributed by atoms with Crippen LogP contribution >= 0.6 is 0 Å². The van der Waals surface area contributed by atoms with Gasteiger partial charge >= 0.3 is 0 Å². The number of nitrogens with zero attached hydrogens (tertiary/aromatic N) is 1. The minimum atomic E-state index is -0.0106. The highest BCUT2D eigenvalue weighted by Gasteiger charge is 2.37. The lowest BCUT2D eigenvalue weighted by Crippen LogP contribution is -2.42. The Labute approximate surface area is 166 Å². The van der Waals surface area contributed by atoms with Crippen LogP contribution in [0.2, 0.25) is 0 Å². The van der Waals surface area contributed by atoms with Gasteiger partial charge in [0.15, 0.2) is 5.78 Å². The van der Waals surface area contributed by atoms with E-state index in [1.54, 1.807) is 0 Å². The third-order valence-electron chi connectivity index (χ3n) is 7.16. The molecule has 5 rings (SSSR count). The number of ketones is 1. The second-order valence-corrected chi connectivity index (χ2v) is 9.12. The number of anilines is 1. The number of nitrogens with one attached hydrogen (secondary N) is 2. The number of hydrogen-bond acceptors (Lipinski definition) is 3. The van der Waals surface area contributed by atoms with Gasteiger partial charge in [-0.25, -0.2) is 0 Å². The van der Waals surface area contributed by atoms with Gasteiger partial charge in [0.2, 0.25) is 5.91 Å². The molecule has 2 N–H and O–H groups in total. The summed E-state index contributed by atoms with van der Waals surface area (Å²) in [6.45, 7) is 2.43. The molecule has 3 aliphatic carbocycles. The van der Waals surface area contributed by atoms with Crippen LogP contribution in [-0.4, -0.2) is 41.2 Å². The zero-order chi connectivity index (χ0) is 19.1. The number of fused-ring (bicyclic) bond motifs is 1. The molecule has 0 atom stereocenters. The van der Waals surface area contributed by atoms with Crippen LogP contribution in [0, 0.1) is 11.3 Å². The van der Waals surface area contributed by atoms with Gasteiger partial charge < -0.3 is 10.3 Å². The molecule has 0 aromatic carbocycles. The van der Waals surface area contributed by atoms with Gasteiger partial charge in [-0.3, -0.25) is 14.5 Å². The molecule has 3 fully saturated rings. The number of piperidine rings is 1. The van der Waals surface area contributed by atoms with E-state index in [9.17, 15) is 9.59 Å². The molecule has 148 valence electrons. The highest BCUT2D eigenvalue weighted by atomic mass is 16.2. The first-order chi connectivity index (χ1) is 13.6. The first-order valence-corrected chi connectivity index (χ1v) is 10.8. The topological polar surface area (TPSA) is 65.2 Å². The monoisotopic (exact) mass is 379 g/mol. The average molecular weight is 380 g/mol. The lowest BCUT2D eigenvalue weighted by molar-refractivity contribution is -0.117. The second-order valence-electron chi connectivity index (χ2n) is 9.12. The lowest BCUT2D eigenvalue weighted by atomic mass is 9.77. The summed E-state index contributed by atoms with van der Waals surface area (Å²) in [5, 5.41) is 3.08. The lowest BCUT2D eigenvalue weighted by Gasteiger charge is -2.39. The first-order valence-electron chi connectivity index (χ1n) is 10.8. The van der Waals surface area contributed by atoms with Gasteiger partial charge in [0.05, 0.1) is 12.2 Å². The number of aromatic nitrogens is 1. The number of carbonyl (C=O) groups excluding carboxylic acids is 2. The summed E-state index contributed by atoms with van der Waals surface area (Å²) in [5.74, 6) is 0.303. The van der Waals surface area contributed by atoms with Crippen LogP contribution in [-0.2, 0) is 4.79 Å². The van der Waals surface area contributed by atoms with E-state index in [1.807, 2.05) is 24.5 Å². The fourth-order valence-electron chi connectivity index (χ4n) is 5.24. The zero-order valence-electron chi connectivity index (χ0n) is 16.4. The maximum Gasteiger partial charge on any atom is 0.238 e. The number of likely N-dealkylation sites (tertiary alicyclic amines) is 1. The largest absolute Gasteiger partial charge is 0.367 e. The van der Waals surface area contributed by atoms with E-state index < -0.39 is 0 Å². The van der Waals surface area contributed by atoms with Crippen molar-refractivity contribution >= 4 is 17.4 Å². The van der Waals surface area contributed by atoms with Crippen LogP contribution in [0.5, 0.6) is 0 Å². The maximum atomic E-state index is 12.8. The van der Waals surface area contributed by atoms with Crippen LogP contribution in [0.4, 0.5) is 5.69 Å². The van der Waals surface area contributed by atoms with Crippen molar-refractivity contribution in [1.29, 1.82) is 0 Å². The Morgan fingerprint density at radius 1 is 1.14 bits per heavy atom. The highest BCUT2D eigenvalue weighted by Crippen LogP contribution is 2.46. The van der Waals surface area contributed by atoms with E-state index in [-0.39, 0.29) is 17.6 Å². The molecule has 28 heavy (non-hydrogen) atoms. The van der Waals surface area contributed by atoms with Crippen LogP contribution < -0.4 is 5.32 Å². The summed E-state index contributed by atoms with van der Waals surface area (Å²) in [6, 6.07) is 3.89. The van der Waals surface area contributed by atoms with Crippen molar-refractivity contribution in [3.63, 3.8) is 0 Å². The van der Waals surface area contributed by atoms with E-state index in [0.717, 1.165) is 37.1 Å². The molecule has 2 aliphatic heterocycles. The molecule has 5 heteroatoms. The Hall–Kier alpha value is -2.14. The molecule has 0 aromatic heterocycles. The van der Waals surface area contributed by atoms with Crippen molar-refractivity contribution in [1.82, 2.24) is 9.88 Å². The Morgan fingerprint density at radius 3 is 2.61 bits per heavy atom. The molecular formula is C23H29N3O2. The molecular weight excluding hydrogens is 350 g/mol. The van der Waals surface area contributed by atoms with Crippen molar-refractivity contribution in [3.8, 4) is 11.1 Å². The zero-order valence-corrected chi connectivity index (χ0v) is 16.4. The summed E-state index contributed by atoms with van der Waals surface area (Å²) in [5.41, 5.74) is 3.85. The number of amides is 1. The third-order valence-corrected chi connectivity index (χ3v) is 7.16. The average Bonchev–Trinajstić information content (AvgIpc) is 3.37. The van der Waals surface area contributed by atoms with Gasteiger partial charge in [0.1, 0.15) is 0 Å². The Bertz CT molecular complexity index is 851. The maximum absolute atomic E-state index is 12.8. The van der Waals surface area contributed by atoms with Gasteiger partial charge in [-0.2, -0.15) is 0 Å². The van der Waals surface area contributed by atoms with E-state index in [4.69, 9.17) is 0 Å². The number of pyridine rings is 1. The fourth-order valence-corrected chi connectivity index (χ4v) is 5.24. The SMILES string of the molecule is O=C(CN1CCC2(CCCC2)CC1)Nc1c(C(=O)C2CC2)cc2cc[nH]cc1-2. The van der Waals surface area contributed by atoms with Gasteiger partial charge in [0, 0.05) is 29.4 Å². The normalized spacial score (nSPS) is 22.0. The van der Waals surface area contributed by atoms with E-state index >= 15 is 0 Å². The van der Waals surface area contributed by atoms with E-state index in [2.05, 4.69) is 15.2 Å². The predicted molar refractivity (Wildman–Crippen MR) is 110 cm³/mol. The minimum absolute atomic E-state index is 0.0106. The van der Waals surface area contributed by atoms with Crippen molar-refractivity contribution in [2.24, 2.45) is 11.3 Å². The van der Waals surface area contributed by atoms with Gasteiger partial charge in [-0.1, -0.05) is 12.8 Å². The summed E-state index contributed by atoms with van der Waals surface area (Å²) in [7, 11) is 0. The van der Waals surface area contributed by atoms with Crippen LogP contribution in [0.25, 0.3) is 11.1 Å². The number of Topliss-reactive ketones (excluding diaryl/α,β-unsaturated/α-hetero) is 1. The molecule has 1 amide bonds. The molecule has 0 aromatic rings. The molecule has 0 unspecified atom stereocenters. The number of H-pyrrole nitrogens is 1. The highest BCUT2D eigenvalue weighted by molar-refractivity contribution is 6.12. The molecule has 1 saturated heterocycles. The first kappa shape index (κ1) is 17.9. The van der Waals surface area contributed by atoms with Crippen molar-refractivity contribution in [3.05, 3.63) is 30.1 Å². The fraction of sp³-hybridized carbons (Fsp3) is 0.565. The molecule has 0 radical (unpaired) electrons. The number of carbonyl (C=O) groups is 2. The second kappa shape index (κ2) is 7.03. The Kier molecular flexibility index (Phi) is 4.50. The molecule has 2 saturated carbocycles. The standard InChI is InChI=1S/C23H29N3O2/c27-20(15-26-11-8-23(9-12-26)6-1-2-7-23)25-21-18(22(28)16-3-4-16)13-17-5-10-24-14-19(17)21/h5,10,13-14,16,24H,1-4,6-9,11-12,15H2,(H,25,27).